The lowest BCUT2D eigenvalue weighted by atomic mass is 10.1. The molecule has 0 saturated heterocycles. The Morgan fingerprint density at radius 3 is 2.60 bits per heavy atom. The molecule has 0 unspecified atom stereocenters. The van der Waals surface area contributed by atoms with E-state index in [1.54, 1.807) is 4.68 Å². The molecule has 0 aliphatic heterocycles. The molecule has 3 aromatic rings. The lowest BCUT2D eigenvalue weighted by Gasteiger charge is -2.16. The molecule has 0 bridgehead atoms. The maximum absolute atomic E-state index is 6.56. The van der Waals surface area contributed by atoms with Crippen LogP contribution in [0.1, 0.15) is 42.8 Å². The molecule has 1 heterocycles. The Balaban J connectivity index is 1.76. The first-order valence-corrected chi connectivity index (χ1v) is 10.8. The van der Waals surface area contributed by atoms with Crippen LogP contribution in [0.25, 0.3) is 0 Å². The summed E-state index contributed by atoms with van der Waals surface area (Å²) < 4.78 is 14.1. The molecule has 0 radical (unpaired) electrons. The topological polar surface area (TPSA) is 64.1 Å². The number of nitrogens with zero attached hydrogens (tertiary/aromatic N) is 2. The van der Waals surface area contributed by atoms with Gasteiger partial charge in [0, 0.05) is 6.42 Å². The van der Waals surface area contributed by atoms with Crippen LogP contribution in [-0.2, 0) is 19.6 Å². The molecule has 0 atom stereocenters. The number of ether oxygens (including phenoxy) is 2. The van der Waals surface area contributed by atoms with Gasteiger partial charge in [0.25, 0.3) is 0 Å². The minimum absolute atomic E-state index is 0.419. The second-order valence-electron chi connectivity index (χ2n) is 6.98. The first-order valence-electron chi connectivity index (χ1n) is 10.1. The van der Waals surface area contributed by atoms with Gasteiger partial charge in [-0.1, -0.05) is 48.4 Å². The summed E-state index contributed by atoms with van der Waals surface area (Å²) in [5.74, 6) is 2.05. The fourth-order valence-electron chi connectivity index (χ4n) is 3.02. The van der Waals surface area contributed by atoms with E-state index in [1.807, 2.05) is 31.2 Å². The highest BCUT2D eigenvalue weighted by molar-refractivity contribution is 7.71. The minimum atomic E-state index is 0.419. The number of hydrogen-bond acceptors (Lipinski definition) is 5. The first-order chi connectivity index (χ1) is 14.5. The fourth-order valence-corrected chi connectivity index (χ4v) is 3.52. The Morgan fingerprint density at radius 1 is 1.13 bits per heavy atom. The van der Waals surface area contributed by atoms with Gasteiger partial charge in [0.1, 0.15) is 6.61 Å². The highest BCUT2D eigenvalue weighted by Gasteiger charge is 2.14. The SMILES string of the molecule is CCCc1n[nH]c(=S)n1NCc1cc(Cl)c(OCc2ccc(C)cc2)c(OCC)c1. The Bertz CT molecular complexity index is 1030. The number of aromatic amines is 1. The smallest absolute Gasteiger partial charge is 0.214 e. The number of benzene rings is 2. The summed E-state index contributed by atoms with van der Waals surface area (Å²) in [4.78, 5) is 0. The fraction of sp³-hybridized carbons (Fsp3) is 0.364. The van der Waals surface area contributed by atoms with Crippen molar-refractivity contribution in [3.8, 4) is 11.5 Å². The Kier molecular flexibility index (Phi) is 7.76. The summed E-state index contributed by atoms with van der Waals surface area (Å²) in [6.45, 7) is 7.55. The van der Waals surface area contributed by atoms with Gasteiger partial charge in [-0.25, -0.2) is 4.68 Å². The predicted molar refractivity (Wildman–Crippen MR) is 123 cm³/mol. The molecule has 2 N–H and O–H groups in total. The van der Waals surface area contributed by atoms with Gasteiger partial charge >= 0.3 is 0 Å². The van der Waals surface area contributed by atoms with E-state index in [2.05, 4.69) is 41.6 Å². The van der Waals surface area contributed by atoms with Crippen LogP contribution in [0, 0.1) is 11.7 Å². The summed E-state index contributed by atoms with van der Waals surface area (Å²) >= 11 is 11.9. The van der Waals surface area contributed by atoms with Crippen LogP contribution >= 0.6 is 23.8 Å². The van der Waals surface area contributed by atoms with Crippen molar-refractivity contribution in [2.75, 3.05) is 12.0 Å². The highest BCUT2D eigenvalue weighted by atomic mass is 35.5. The largest absolute Gasteiger partial charge is 0.490 e. The van der Waals surface area contributed by atoms with Crippen LogP contribution in [0.15, 0.2) is 36.4 Å². The van der Waals surface area contributed by atoms with E-state index in [0.29, 0.717) is 41.1 Å². The van der Waals surface area contributed by atoms with Crippen molar-refractivity contribution >= 4 is 23.8 Å². The number of hydrogen-bond donors (Lipinski definition) is 2. The lowest BCUT2D eigenvalue weighted by molar-refractivity contribution is 0.269. The third kappa shape index (κ3) is 5.55. The van der Waals surface area contributed by atoms with Crippen LogP contribution in [0.5, 0.6) is 11.5 Å². The normalized spacial score (nSPS) is 10.8. The van der Waals surface area contributed by atoms with Gasteiger partial charge in [0.15, 0.2) is 17.3 Å². The summed E-state index contributed by atoms with van der Waals surface area (Å²) in [7, 11) is 0. The summed E-state index contributed by atoms with van der Waals surface area (Å²) in [5, 5.41) is 7.60. The third-order valence-corrected chi connectivity index (χ3v) is 5.08. The van der Waals surface area contributed by atoms with Crippen molar-refractivity contribution in [1.29, 1.82) is 0 Å². The van der Waals surface area contributed by atoms with Crippen LogP contribution in [-0.4, -0.2) is 21.5 Å². The molecule has 0 aliphatic carbocycles. The van der Waals surface area contributed by atoms with Crippen molar-refractivity contribution in [2.24, 2.45) is 0 Å². The molecular weight excluding hydrogens is 420 g/mol. The second-order valence-corrected chi connectivity index (χ2v) is 7.77. The maximum Gasteiger partial charge on any atom is 0.214 e. The number of H-pyrrole nitrogens is 1. The minimum Gasteiger partial charge on any atom is -0.490 e. The van der Waals surface area contributed by atoms with Gasteiger partial charge in [-0.2, -0.15) is 5.10 Å². The first kappa shape index (κ1) is 22.2. The van der Waals surface area contributed by atoms with E-state index in [4.69, 9.17) is 33.3 Å². The van der Waals surface area contributed by atoms with Crippen molar-refractivity contribution in [2.45, 2.75) is 46.8 Å². The van der Waals surface area contributed by atoms with Crippen molar-refractivity contribution in [3.63, 3.8) is 0 Å². The van der Waals surface area contributed by atoms with E-state index in [9.17, 15) is 0 Å². The van der Waals surface area contributed by atoms with E-state index in [0.717, 1.165) is 29.8 Å². The molecule has 0 amide bonds. The van der Waals surface area contributed by atoms with Crippen molar-refractivity contribution < 1.29 is 9.47 Å². The standard InChI is InChI=1S/C22H27ClN4O2S/c1-4-6-20-25-26-22(30)27(20)24-13-17-11-18(23)21(19(12-17)28-5-2)29-14-16-9-7-15(3)8-10-16/h7-12,24H,4-6,13-14H2,1-3H3,(H,26,30). The van der Waals surface area contributed by atoms with E-state index in [-0.39, 0.29) is 0 Å². The van der Waals surface area contributed by atoms with Crippen molar-refractivity contribution in [3.05, 3.63) is 68.7 Å². The molecule has 0 saturated carbocycles. The van der Waals surface area contributed by atoms with E-state index < -0.39 is 0 Å². The second kappa shape index (κ2) is 10.5. The zero-order valence-corrected chi connectivity index (χ0v) is 19.1. The number of aromatic nitrogens is 3. The van der Waals surface area contributed by atoms with E-state index >= 15 is 0 Å². The monoisotopic (exact) mass is 446 g/mol. The van der Waals surface area contributed by atoms with Gasteiger partial charge in [-0.15, -0.1) is 0 Å². The Labute approximate surface area is 187 Å². The summed E-state index contributed by atoms with van der Waals surface area (Å²) in [6, 6.07) is 12.0. The van der Waals surface area contributed by atoms with Crippen LogP contribution in [0.4, 0.5) is 0 Å². The number of rotatable bonds is 10. The summed E-state index contributed by atoms with van der Waals surface area (Å²) in [5.41, 5.74) is 6.54. The molecule has 160 valence electrons. The molecule has 0 aliphatic rings. The quantitative estimate of drug-likeness (QED) is 0.398. The Morgan fingerprint density at radius 2 is 1.90 bits per heavy atom. The molecule has 6 nitrogen and oxygen atoms in total. The molecular formula is C22H27ClN4O2S. The zero-order valence-electron chi connectivity index (χ0n) is 17.5. The van der Waals surface area contributed by atoms with Crippen LogP contribution in [0.3, 0.4) is 0 Å². The molecule has 3 rings (SSSR count). The third-order valence-electron chi connectivity index (χ3n) is 4.53. The Hall–Kier alpha value is -2.51. The predicted octanol–water partition coefficient (Wildman–Crippen LogP) is 5.58. The van der Waals surface area contributed by atoms with Crippen LogP contribution in [0.2, 0.25) is 5.02 Å². The molecule has 2 aromatic carbocycles. The van der Waals surface area contributed by atoms with Gasteiger partial charge in [0.05, 0.1) is 18.2 Å². The van der Waals surface area contributed by atoms with Gasteiger partial charge in [-0.05, 0) is 55.7 Å². The average molecular weight is 447 g/mol. The molecule has 8 heteroatoms. The molecule has 0 spiro atoms. The maximum atomic E-state index is 6.56. The average Bonchev–Trinajstić information content (AvgIpc) is 3.07. The van der Waals surface area contributed by atoms with Crippen molar-refractivity contribution in [1.82, 2.24) is 14.9 Å². The van der Waals surface area contributed by atoms with Gasteiger partial charge in [-0.3, -0.25) is 5.10 Å². The number of halogens is 1. The molecule has 30 heavy (non-hydrogen) atoms. The molecule has 0 fully saturated rings. The zero-order chi connectivity index (χ0) is 21.5. The number of aryl methyl sites for hydroxylation is 2. The van der Waals surface area contributed by atoms with Gasteiger partial charge in [0.2, 0.25) is 4.77 Å². The molecule has 1 aromatic heterocycles. The van der Waals surface area contributed by atoms with Gasteiger partial charge < -0.3 is 14.9 Å². The van der Waals surface area contributed by atoms with E-state index in [1.165, 1.54) is 5.56 Å². The highest BCUT2D eigenvalue weighted by Crippen LogP contribution is 2.37. The lowest BCUT2D eigenvalue weighted by Crippen LogP contribution is -2.17. The summed E-state index contributed by atoms with van der Waals surface area (Å²) in [6.07, 6.45) is 1.81. The number of nitrogens with one attached hydrogen (secondary N) is 2. The van der Waals surface area contributed by atoms with Crippen LogP contribution < -0.4 is 14.9 Å².